The largest absolute Gasteiger partial charge is 0.477 e. The number of benzene rings is 2. The van der Waals surface area contributed by atoms with E-state index < -0.39 is 17.2 Å². The maximum Gasteiger partial charge on any atom is 0.341 e. The molecule has 0 atom stereocenters. The Morgan fingerprint density at radius 3 is 2.37 bits per heavy atom. The van der Waals surface area contributed by atoms with Crippen LogP contribution in [0.4, 0.5) is 10.1 Å². The summed E-state index contributed by atoms with van der Waals surface area (Å²) in [4.78, 5) is 25.9. The number of rotatable bonds is 3. The Hall–Kier alpha value is -3.15. The zero-order chi connectivity index (χ0) is 18.7. The van der Waals surface area contributed by atoms with Gasteiger partial charge in [-0.1, -0.05) is 24.3 Å². The van der Waals surface area contributed by atoms with Gasteiger partial charge in [-0.2, -0.15) is 0 Å². The molecule has 0 amide bonds. The van der Waals surface area contributed by atoms with Crippen molar-refractivity contribution in [2.24, 2.45) is 0 Å². The summed E-state index contributed by atoms with van der Waals surface area (Å²) in [7, 11) is 0. The van der Waals surface area contributed by atoms with Gasteiger partial charge in [-0.25, -0.2) is 9.18 Å². The molecule has 0 radical (unpaired) electrons. The summed E-state index contributed by atoms with van der Waals surface area (Å²) >= 11 is 0. The molecular formula is C21H17FN2O3. The van der Waals surface area contributed by atoms with E-state index in [1.54, 1.807) is 6.07 Å². The predicted molar refractivity (Wildman–Crippen MR) is 99.7 cm³/mol. The van der Waals surface area contributed by atoms with Crippen molar-refractivity contribution in [2.45, 2.75) is 32.0 Å². The molecule has 5 nitrogen and oxygen atoms in total. The predicted octanol–water partition coefficient (Wildman–Crippen LogP) is 3.69. The highest BCUT2D eigenvalue weighted by Gasteiger charge is 2.28. The van der Waals surface area contributed by atoms with Gasteiger partial charge in [0.25, 0.3) is 0 Å². The molecule has 2 heterocycles. The minimum atomic E-state index is -1.28. The Morgan fingerprint density at radius 2 is 1.78 bits per heavy atom. The summed E-state index contributed by atoms with van der Waals surface area (Å²) in [6.07, 6.45) is 3.27. The molecule has 27 heavy (non-hydrogen) atoms. The average molecular weight is 364 g/mol. The van der Waals surface area contributed by atoms with Gasteiger partial charge < -0.3 is 14.6 Å². The summed E-state index contributed by atoms with van der Waals surface area (Å²) in [6.45, 7) is 1.22. The lowest BCUT2D eigenvalue weighted by Crippen LogP contribution is -2.21. The molecule has 3 aromatic rings. The summed E-state index contributed by atoms with van der Waals surface area (Å²) in [6, 6.07) is 11.1. The van der Waals surface area contributed by atoms with Crippen LogP contribution in [0.3, 0.4) is 0 Å². The summed E-state index contributed by atoms with van der Waals surface area (Å²) < 4.78 is 16.7. The maximum atomic E-state index is 14.9. The first kappa shape index (κ1) is 16.1. The van der Waals surface area contributed by atoms with Crippen molar-refractivity contribution in [2.75, 3.05) is 4.90 Å². The fourth-order valence-corrected chi connectivity index (χ4v) is 3.91. The van der Waals surface area contributed by atoms with E-state index in [2.05, 4.69) is 0 Å². The van der Waals surface area contributed by atoms with E-state index in [0.717, 1.165) is 24.0 Å². The molecule has 1 aliphatic carbocycles. The highest BCUT2D eigenvalue weighted by atomic mass is 19.1. The van der Waals surface area contributed by atoms with Crippen LogP contribution >= 0.6 is 0 Å². The molecule has 1 aromatic heterocycles. The van der Waals surface area contributed by atoms with Crippen LogP contribution in [-0.4, -0.2) is 15.6 Å². The zero-order valence-electron chi connectivity index (χ0n) is 14.5. The van der Waals surface area contributed by atoms with Crippen LogP contribution in [0, 0.1) is 5.82 Å². The molecule has 0 unspecified atom stereocenters. The van der Waals surface area contributed by atoms with E-state index in [1.807, 2.05) is 33.7 Å². The fraction of sp³-hybridized carbons (Fsp3) is 0.238. The highest BCUT2D eigenvalue weighted by molar-refractivity contribution is 5.93. The van der Waals surface area contributed by atoms with E-state index in [4.69, 9.17) is 0 Å². The van der Waals surface area contributed by atoms with Crippen LogP contribution in [0.15, 0.2) is 47.4 Å². The minimum Gasteiger partial charge on any atom is -0.477 e. The van der Waals surface area contributed by atoms with Crippen molar-refractivity contribution in [3.8, 4) is 0 Å². The normalized spacial score (nSPS) is 16.0. The van der Waals surface area contributed by atoms with Gasteiger partial charge in [-0.15, -0.1) is 0 Å². The number of nitrogens with zero attached hydrogens (tertiary/aromatic N) is 2. The number of carboxylic acid groups (broad SMARTS) is 1. The standard InChI is InChI=1S/C21H17FN2O3/c22-17-7-15-18(24(14-5-6-14)11-16(20(15)25)21(26)27)8-19(17)23-9-12-3-1-2-4-13(12)10-23/h1-4,7-8,11,14H,5-6,9-10H2,(H,26,27). The number of hydrogen-bond acceptors (Lipinski definition) is 3. The Labute approximate surface area is 154 Å². The number of pyridine rings is 1. The van der Waals surface area contributed by atoms with Gasteiger partial charge in [-0.3, -0.25) is 4.79 Å². The van der Waals surface area contributed by atoms with Crippen molar-refractivity contribution in [3.05, 3.63) is 75.3 Å². The fourth-order valence-electron chi connectivity index (χ4n) is 3.91. The molecule has 6 heteroatoms. The third-order valence-electron chi connectivity index (χ3n) is 5.45. The van der Waals surface area contributed by atoms with Gasteiger partial charge in [0.2, 0.25) is 5.43 Å². The number of hydrogen-bond donors (Lipinski definition) is 1. The number of carboxylic acids is 1. The van der Waals surface area contributed by atoms with E-state index in [-0.39, 0.29) is 17.0 Å². The number of aromatic nitrogens is 1. The van der Waals surface area contributed by atoms with Crippen LogP contribution in [0.25, 0.3) is 10.9 Å². The lowest BCUT2D eigenvalue weighted by Gasteiger charge is -2.20. The van der Waals surface area contributed by atoms with E-state index in [1.165, 1.54) is 12.3 Å². The Bertz CT molecular complexity index is 1140. The van der Waals surface area contributed by atoms with E-state index in [9.17, 15) is 19.1 Å². The van der Waals surface area contributed by atoms with Gasteiger partial charge in [0.1, 0.15) is 11.4 Å². The SMILES string of the molecule is O=C(O)c1cn(C2CC2)c2cc(N3Cc4ccccc4C3)c(F)cc2c1=O. The second kappa shape index (κ2) is 5.67. The second-order valence-corrected chi connectivity index (χ2v) is 7.26. The quantitative estimate of drug-likeness (QED) is 0.770. The molecule has 0 spiro atoms. The molecule has 2 aliphatic rings. The number of anilines is 1. The van der Waals surface area contributed by atoms with Gasteiger partial charge in [0.15, 0.2) is 0 Å². The number of fused-ring (bicyclic) bond motifs is 2. The van der Waals surface area contributed by atoms with Crippen molar-refractivity contribution in [3.63, 3.8) is 0 Å². The summed E-state index contributed by atoms with van der Waals surface area (Å²) in [5.41, 5.74) is 2.42. The van der Waals surface area contributed by atoms with Crippen LogP contribution in [-0.2, 0) is 13.1 Å². The Kier molecular flexibility index (Phi) is 3.37. The lowest BCUT2D eigenvalue weighted by molar-refractivity contribution is 0.0695. The number of aromatic carboxylic acids is 1. The van der Waals surface area contributed by atoms with Gasteiger partial charge >= 0.3 is 5.97 Å². The molecule has 1 N–H and O–H groups in total. The van der Waals surface area contributed by atoms with Crippen molar-refractivity contribution >= 4 is 22.6 Å². The first-order valence-corrected chi connectivity index (χ1v) is 8.96. The first-order valence-electron chi connectivity index (χ1n) is 8.96. The van der Waals surface area contributed by atoms with Crippen LogP contribution in [0.5, 0.6) is 0 Å². The lowest BCUT2D eigenvalue weighted by atomic mass is 10.1. The molecule has 0 bridgehead atoms. The van der Waals surface area contributed by atoms with Crippen LogP contribution in [0.2, 0.25) is 0 Å². The number of halogens is 1. The molecular weight excluding hydrogens is 347 g/mol. The summed E-state index contributed by atoms with van der Waals surface area (Å²) in [5, 5.41) is 9.46. The maximum absolute atomic E-state index is 14.9. The number of carbonyl (C=O) groups is 1. The monoisotopic (exact) mass is 364 g/mol. The second-order valence-electron chi connectivity index (χ2n) is 7.26. The first-order chi connectivity index (χ1) is 13.0. The molecule has 136 valence electrons. The summed E-state index contributed by atoms with van der Waals surface area (Å²) in [5.74, 6) is -1.78. The van der Waals surface area contributed by atoms with Gasteiger partial charge in [-0.05, 0) is 36.1 Å². The highest BCUT2D eigenvalue weighted by Crippen LogP contribution is 2.39. The van der Waals surface area contributed by atoms with Gasteiger partial charge in [0, 0.05) is 30.7 Å². The Morgan fingerprint density at radius 1 is 1.11 bits per heavy atom. The molecule has 1 fully saturated rings. The topological polar surface area (TPSA) is 62.5 Å². The third kappa shape index (κ3) is 2.51. The smallest absolute Gasteiger partial charge is 0.341 e. The molecule has 5 rings (SSSR count). The van der Waals surface area contributed by atoms with E-state index in [0.29, 0.717) is 24.3 Å². The zero-order valence-corrected chi connectivity index (χ0v) is 14.5. The van der Waals surface area contributed by atoms with Gasteiger partial charge in [0.05, 0.1) is 11.2 Å². The van der Waals surface area contributed by atoms with Crippen molar-refractivity contribution in [1.29, 1.82) is 0 Å². The minimum absolute atomic E-state index is 0.125. The molecule has 0 saturated heterocycles. The molecule has 1 saturated carbocycles. The van der Waals surface area contributed by atoms with Crippen molar-refractivity contribution < 1.29 is 14.3 Å². The third-order valence-corrected chi connectivity index (χ3v) is 5.45. The molecule has 1 aliphatic heterocycles. The van der Waals surface area contributed by atoms with E-state index >= 15 is 0 Å². The average Bonchev–Trinajstić information content (AvgIpc) is 3.39. The van der Waals surface area contributed by atoms with Crippen molar-refractivity contribution in [1.82, 2.24) is 4.57 Å². The molecule has 2 aromatic carbocycles. The van der Waals surface area contributed by atoms with Crippen LogP contribution < -0.4 is 10.3 Å². The Balaban J connectivity index is 1.69. The van der Waals surface area contributed by atoms with Crippen LogP contribution in [0.1, 0.15) is 40.4 Å².